The molecule has 174 valence electrons. The van der Waals surface area contributed by atoms with Crippen LogP contribution in [0.15, 0.2) is 82.7 Å². The van der Waals surface area contributed by atoms with Crippen LogP contribution in [0.4, 0.5) is 4.39 Å². The van der Waals surface area contributed by atoms with Crippen molar-refractivity contribution in [2.24, 2.45) is 10.1 Å². The summed E-state index contributed by atoms with van der Waals surface area (Å²) in [6.45, 7) is 0.0362. The van der Waals surface area contributed by atoms with E-state index in [1.807, 2.05) is 0 Å². The Balaban J connectivity index is 1.38. The van der Waals surface area contributed by atoms with Gasteiger partial charge < -0.3 is 9.47 Å². The number of carbonyl (C=O) groups excluding carboxylic acids is 1. The molecule has 0 saturated heterocycles. The number of hydrogen-bond donors (Lipinski definition) is 1. The van der Waals surface area contributed by atoms with Crippen molar-refractivity contribution in [1.82, 2.24) is 9.99 Å². The number of aromatic nitrogens is 1. The van der Waals surface area contributed by atoms with Gasteiger partial charge in [-0.2, -0.15) is 15.1 Å². The number of nitrogens with zero attached hydrogens (tertiary/aromatic N) is 4. The molecule has 0 aliphatic carbocycles. The highest BCUT2D eigenvalue weighted by molar-refractivity contribution is 8.27. The highest BCUT2D eigenvalue weighted by atomic mass is 32.2. The lowest BCUT2D eigenvalue weighted by atomic mass is 10.1. The van der Waals surface area contributed by atoms with Crippen LogP contribution in [-0.2, 0) is 11.4 Å². The van der Waals surface area contributed by atoms with Crippen molar-refractivity contribution in [3.63, 3.8) is 0 Å². The highest BCUT2D eigenvalue weighted by Gasteiger charge is 2.36. The first-order chi connectivity index (χ1) is 17.0. The van der Waals surface area contributed by atoms with E-state index in [1.165, 1.54) is 29.9 Å². The number of hydrogen-bond acceptors (Lipinski definition) is 7. The van der Waals surface area contributed by atoms with Gasteiger partial charge in [0.1, 0.15) is 17.5 Å². The van der Waals surface area contributed by atoms with Crippen LogP contribution in [0.1, 0.15) is 16.7 Å². The largest absolute Gasteiger partial charge is 0.493 e. The molecule has 3 aromatic rings. The normalized spacial score (nSPS) is 16.2. The van der Waals surface area contributed by atoms with Gasteiger partial charge in [-0.25, -0.2) is 4.39 Å². The second-order valence-electron chi connectivity index (χ2n) is 7.45. The summed E-state index contributed by atoms with van der Waals surface area (Å²) < 4.78 is 25.1. The molecule has 2 aromatic carbocycles. The maximum atomic E-state index is 13.9. The molecule has 1 N–H and O–H groups in total. The molecule has 35 heavy (non-hydrogen) atoms. The van der Waals surface area contributed by atoms with Gasteiger partial charge >= 0.3 is 0 Å². The van der Waals surface area contributed by atoms with E-state index in [2.05, 4.69) is 15.1 Å². The molecule has 5 rings (SSSR count). The van der Waals surface area contributed by atoms with Gasteiger partial charge in [-0.1, -0.05) is 24.3 Å². The van der Waals surface area contributed by atoms with Crippen LogP contribution in [0, 0.1) is 11.2 Å². The molecular weight excluding hydrogens is 469 g/mol. The molecule has 1 amide bonds. The molecular formula is C25H18FN5O3S. The topological polar surface area (TPSA) is 100 Å². The lowest BCUT2D eigenvalue weighted by molar-refractivity contribution is -0.114. The van der Waals surface area contributed by atoms with Crippen molar-refractivity contribution in [2.75, 3.05) is 7.11 Å². The molecule has 0 unspecified atom stereocenters. The molecule has 0 atom stereocenters. The summed E-state index contributed by atoms with van der Waals surface area (Å²) in [4.78, 5) is 20.8. The van der Waals surface area contributed by atoms with Crippen molar-refractivity contribution in [3.8, 4) is 11.5 Å². The number of benzene rings is 2. The zero-order chi connectivity index (χ0) is 24.4. The molecule has 10 heteroatoms. The monoisotopic (exact) mass is 487 g/mol. The van der Waals surface area contributed by atoms with Crippen molar-refractivity contribution < 1.29 is 18.7 Å². The first-order valence-corrected chi connectivity index (χ1v) is 11.3. The molecule has 2 aliphatic rings. The van der Waals surface area contributed by atoms with Crippen LogP contribution >= 0.6 is 11.8 Å². The average molecular weight is 488 g/mol. The number of halogens is 1. The Bertz CT molecular complexity index is 1420. The number of methoxy groups -OCH3 is 1. The van der Waals surface area contributed by atoms with E-state index >= 15 is 0 Å². The fourth-order valence-electron chi connectivity index (χ4n) is 3.43. The third-order valence-electron chi connectivity index (χ3n) is 5.22. The van der Waals surface area contributed by atoms with E-state index in [-0.39, 0.29) is 23.8 Å². The third kappa shape index (κ3) is 4.56. The van der Waals surface area contributed by atoms with Crippen molar-refractivity contribution in [2.45, 2.75) is 6.61 Å². The summed E-state index contributed by atoms with van der Waals surface area (Å²) in [7, 11) is 1.49. The van der Waals surface area contributed by atoms with Crippen molar-refractivity contribution in [3.05, 3.63) is 95.1 Å². The number of rotatable bonds is 6. The summed E-state index contributed by atoms with van der Waals surface area (Å²) in [5.41, 5.74) is 1.95. The second kappa shape index (κ2) is 9.51. The number of amidine groups is 2. The Kier molecular flexibility index (Phi) is 6.11. The van der Waals surface area contributed by atoms with Crippen LogP contribution in [0.2, 0.25) is 0 Å². The van der Waals surface area contributed by atoms with Crippen molar-refractivity contribution >= 4 is 39.8 Å². The predicted molar refractivity (Wildman–Crippen MR) is 132 cm³/mol. The van der Waals surface area contributed by atoms with Gasteiger partial charge in [-0.3, -0.25) is 15.2 Å². The molecule has 2 aliphatic heterocycles. The predicted octanol–water partition coefficient (Wildman–Crippen LogP) is 4.48. The molecule has 0 fully saturated rings. The first-order valence-electron chi connectivity index (χ1n) is 10.5. The lowest BCUT2D eigenvalue weighted by Gasteiger charge is -2.20. The van der Waals surface area contributed by atoms with Crippen LogP contribution in [0.25, 0.3) is 6.08 Å². The Labute approximate surface area is 204 Å². The maximum absolute atomic E-state index is 13.9. The summed E-state index contributed by atoms with van der Waals surface area (Å²) in [6, 6.07) is 15.0. The number of aliphatic imine (C=N–C) groups is 1. The van der Waals surface area contributed by atoms with E-state index in [9.17, 15) is 9.18 Å². The molecule has 0 bridgehead atoms. The standard InChI is InChI=1S/C25H18FN5O3S/c1-33-21-13-15(6-7-20(21)34-14-17-4-2-3-5-19(17)26)12-18-22(27)31-25(29-23(18)32)35-24(30-31)16-8-10-28-11-9-16/h2-13,27H,14H2,1H3. The van der Waals surface area contributed by atoms with Crippen molar-refractivity contribution in [1.29, 1.82) is 5.41 Å². The Morgan fingerprint density at radius 1 is 1.11 bits per heavy atom. The zero-order valence-electron chi connectivity index (χ0n) is 18.4. The minimum Gasteiger partial charge on any atom is -0.493 e. The van der Waals surface area contributed by atoms with E-state index in [0.29, 0.717) is 32.8 Å². The second-order valence-corrected chi connectivity index (χ2v) is 8.41. The van der Waals surface area contributed by atoms with E-state index in [4.69, 9.17) is 14.9 Å². The quantitative estimate of drug-likeness (QED) is 0.515. The van der Waals surface area contributed by atoms with Crippen LogP contribution < -0.4 is 9.47 Å². The van der Waals surface area contributed by atoms with E-state index in [1.54, 1.807) is 67.0 Å². The van der Waals surface area contributed by atoms with Gasteiger partial charge in [0.05, 0.1) is 12.7 Å². The Morgan fingerprint density at radius 2 is 1.91 bits per heavy atom. The van der Waals surface area contributed by atoms with Gasteiger partial charge in [-0.05, 0) is 53.7 Å². The van der Waals surface area contributed by atoms with Gasteiger partial charge in [0.2, 0.25) is 5.17 Å². The van der Waals surface area contributed by atoms with Gasteiger partial charge in [0.15, 0.2) is 17.3 Å². The SMILES string of the molecule is COc1cc(C=C2C(=N)N3N=C(c4ccncc4)SC3=NC2=O)ccc1OCc1ccccc1F. The molecule has 0 radical (unpaired) electrons. The number of amides is 1. The fourth-order valence-corrected chi connectivity index (χ4v) is 4.33. The lowest BCUT2D eigenvalue weighted by Crippen LogP contribution is -2.35. The number of fused-ring (bicyclic) bond motifs is 1. The van der Waals surface area contributed by atoms with Gasteiger partial charge in [-0.15, -0.1) is 0 Å². The minimum absolute atomic E-state index is 0.0362. The third-order valence-corrected chi connectivity index (χ3v) is 6.18. The summed E-state index contributed by atoms with van der Waals surface area (Å²) in [6.07, 6.45) is 4.85. The number of pyridine rings is 1. The van der Waals surface area contributed by atoms with Gasteiger partial charge in [0.25, 0.3) is 5.91 Å². The number of ether oxygens (including phenoxy) is 2. The number of nitrogens with one attached hydrogen (secondary N) is 1. The van der Waals surface area contributed by atoms with Gasteiger partial charge in [0, 0.05) is 23.5 Å². The average Bonchev–Trinajstić information content (AvgIpc) is 3.31. The zero-order valence-corrected chi connectivity index (χ0v) is 19.3. The summed E-state index contributed by atoms with van der Waals surface area (Å²) >= 11 is 1.22. The van der Waals surface area contributed by atoms with Crippen LogP contribution in [0.3, 0.4) is 0 Å². The molecule has 1 aromatic heterocycles. The summed E-state index contributed by atoms with van der Waals surface area (Å²) in [5, 5.41) is 15.3. The summed E-state index contributed by atoms with van der Waals surface area (Å²) in [5.74, 6) is -0.124. The molecule has 0 saturated carbocycles. The van der Waals surface area contributed by atoms with Crippen LogP contribution in [0.5, 0.6) is 11.5 Å². The maximum Gasteiger partial charge on any atom is 0.283 e. The number of hydrazone groups is 1. The Morgan fingerprint density at radius 3 is 2.69 bits per heavy atom. The minimum atomic E-state index is -0.529. The van der Waals surface area contributed by atoms with E-state index < -0.39 is 5.91 Å². The van der Waals surface area contributed by atoms with E-state index in [0.717, 1.165) is 5.56 Å². The molecule has 8 nitrogen and oxygen atoms in total. The highest BCUT2D eigenvalue weighted by Crippen LogP contribution is 2.33. The number of carbonyl (C=O) groups is 1. The fraction of sp³-hybridized carbons (Fsp3) is 0.0800. The molecule has 0 spiro atoms. The smallest absolute Gasteiger partial charge is 0.283 e. The van der Waals surface area contributed by atoms with Crippen LogP contribution in [-0.4, -0.2) is 39.1 Å². The first kappa shape index (κ1) is 22.5. The Hall–Kier alpha value is -4.31. The number of thioether (sulfide) groups is 1. The molecule has 3 heterocycles.